The smallest absolute Gasteiger partial charge is 0.328 e. The van der Waals surface area contributed by atoms with Crippen molar-refractivity contribution in [2.75, 3.05) is 0 Å². The Bertz CT molecular complexity index is 1020. The molecule has 140 valence electrons. The molecule has 2 aromatic carbocycles. The van der Waals surface area contributed by atoms with Crippen LogP contribution in [0.4, 0.5) is 0 Å². The molecular weight excluding hydrogens is 334 g/mol. The monoisotopic (exact) mass is 361 g/mol. The maximum absolute atomic E-state index is 10.9. The van der Waals surface area contributed by atoms with Gasteiger partial charge < -0.3 is 10.1 Å². The molecule has 0 spiro atoms. The topological polar surface area (TPSA) is 53.1 Å². The van der Waals surface area contributed by atoms with Crippen LogP contribution in [0.5, 0.6) is 0 Å². The molecule has 1 aromatic heterocycles. The summed E-state index contributed by atoms with van der Waals surface area (Å²) in [5.41, 5.74) is 6.83. The predicted molar refractivity (Wildman–Crippen MR) is 113 cm³/mol. The van der Waals surface area contributed by atoms with Gasteiger partial charge in [-0.05, 0) is 57.9 Å². The van der Waals surface area contributed by atoms with E-state index in [0.717, 1.165) is 27.7 Å². The zero-order valence-corrected chi connectivity index (χ0v) is 16.6. The zero-order valence-electron chi connectivity index (χ0n) is 16.6. The molecule has 0 saturated carbocycles. The molecule has 0 saturated heterocycles. The number of benzene rings is 2. The van der Waals surface area contributed by atoms with Crippen LogP contribution in [0.1, 0.15) is 57.2 Å². The number of aliphatic carboxylic acids is 1. The largest absolute Gasteiger partial charge is 0.478 e. The number of aromatic nitrogens is 1. The lowest BCUT2D eigenvalue weighted by Crippen LogP contribution is -2.10. The maximum Gasteiger partial charge on any atom is 0.328 e. The molecule has 0 aliphatic rings. The summed E-state index contributed by atoms with van der Waals surface area (Å²) in [5.74, 6) is -0.648. The summed E-state index contributed by atoms with van der Waals surface area (Å²) in [6, 6.07) is 14.8. The summed E-state index contributed by atoms with van der Waals surface area (Å²) in [4.78, 5) is 14.5. The minimum absolute atomic E-state index is 0.0971. The van der Waals surface area contributed by atoms with E-state index >= 15 is 0 Å². The van der Waals surface area contributed by atoms with Crippen molar-refractivity contribution in [2.24, 2.45) is 0 Å². The van der Waals surface area contributed by atoms with Crippen LogP contribution in [-0.2, 0) is 10.2 Å². The van der Waals surface area contributed by atoms with Gasteiger partial charge in [0.05, 0.1) is 0 Å². The molecule has 0 fully saturated rings. The number of hydrogen-bond acceptors (Lipinski definition) is 1. The fraction of sp³-hybridized carbons (Fsp3) is 0.292. The second-order valence-electron chi connectivity index (χ2n) is 8.37. The number of aromatic amines is 1. The van der Waals surface area contributed by atoms with Crippen LogP contribution in [0.2, 0.25) is 0 Å². The molecule has 0 radical (unpaired) electrons. The molecule has 2 N–H and O–H groups in total. The number of nitrogens with one attached hydrogen (secondary N) is 1. The fourth-order valence-electron chi connectivity index (χ4n) is 3.50. The fourth-order valence-corrected chi connectivity index (χ4v) is 3.50. The molecule has 27 heavy (non-hydrogen) atoms. The number of H-pyrrole nitrogens is 1. The molecule has 0 atom stereocenters. The van der Waals surface area contributed by atoms with Gasteiger partial charge >= 0.3 is 5.97 Å². The lowest BCUT2D eigenvalue weighted by Gasteiger charge is -2.19. The molecule has 0 bridgehead atoms. The molecule has 0 aliphatic heterocycles. The molecule has 3 rings (SSSR count). The number of carbonyl (C=O) groups is 1. The molecule has 0 aliphatic carbocycles. The van der Waals surface area contributed by atoms with E-state index in [1.54, 1.807) is 6.08 Å². The average Bonchev–Trinajstić information content (AvgIpc) is 3.02. The van der Waals surface area contributed by atoms with E-state index in [1.165, 1.54) is 17.2 Å². The van der Waals surface area contributed by atoms with Crippen molar-refractivity contribution in [1.82, 2.24) is 4.98 Å². The van der Waals surface area contributed by atoms with Crippen LogP contribution in [0.15, 0.2) is 48.5 Å². The Morgan fingerprint density at radius 2 is 1.85 bits per heavy atom. The van der Waals surface area contributed by atoms with E-state index in [0.29, 0.717) is 0 Å². The van der Waals surface area contributed by atoms with Crippen molar-refractivity contribution in [2.45, 2.75) is 46.0 Å². The Balaban J connectivity index is 2.16. The van der Waals surface area contributed by atoms with Gasteiger partial charge in [0.25, 0.3) is 0 Å². The van der Waals surface area contributed by atoms with E-state index in [9.17, 15) is 4.79 Å². The molecule has 0 unspecified atom stereocenters. The van der Waals surface area contributed by atoms with Gasteiger partial charge in [-0.1, -0.05) is 58.9 Å². The minimum Gasteiger partial charge on any atom is -0.478 e. The number of rotatable bonds is 4. The van der Waals surface area contributed by atoms with E-state index in [2.05, 4.69) is 69.9 Å². The van der Waals surface area contributed by atoms with Gasteiger partial charge in [-0.3, -0.25) is 0 Å². The summed E-state index contributed by atoms with van der Waals surface area (Å²) in [6.07, 6.45) is 2.89. The Kier molecular flexibility index (Phi) is 4.97. The van der Waals surface area contributed by atoms with E-state index in [-0.39, 0.29) is 11.3 Å². The van der Waals surface area contributed by atoms with Gasteiger partial charge in [0.2, 0.25) is 0 Å². The third-order valence-corrected chi connectivity index (χ3v) is 4.90. The van der Waals surface area contributed by atoms with Gasteiger partial charge in [0, 0.05) is 22.7 Å². The Morgan fingerprint density at radius 3 is 2.48 bits per heavy atom. The highest BCUT2D eigenvalue weighted by Crippen LogP contribution is 2.34. The van der Waals surface area contributed by atoms with Gasteiger partial charge in [-0.25, -0.2) is 4.79 Å². The van der Waals surface area contributed by atoms with E-state index < -0.39 is 5.97 Å². The van der Waals surface area contributed by atoms with Crippen molar-refractivity contribution in [3.05, 3.63) is 65.2 Å². The summed E-state index contributed by atoms with van der Waals surface area (Å²) in [6.45, 7) is 10.9. The van der Waals surface area contributed by atoms with Crippen LogP contribution >= 0.6 is 0 Å². The van der Waals surface area contributed by atoms with E-state index in [4.69, 9.17) is 5.11 Å². The zero-order chi connectivity index (χ0) is 19.8. The lowest BCUT2D eigenvalue weighted by molar-refractivity contribution is -0.131. The van der Waals surface area contributed by atoms with Crippen molar-refractivity contribution in [3.63, 3.8) is 0 Å². The maximum atomic E-state index is 10.9. The number of hydrogen-bond donors (Lipinski definition) is 2. The third kappa shape index (κ3) is 3.97. The number of carboxylic acid groups (broad SMARTS) is 1. The van der Waals surface area contributed by atoms with Crippen molar-refractivity contribution < 1.29 is 9.90 Å². The highest BCUT2D eigenvalue weighted by atomic mass is 16.4. The summed E-state index contributed by atoms with van der Waals surface area (Å²) in [7, 11) is 0. The molecule has 3 nitrogen and oxygen atoms in total. The lowest BCUT2D eigenvalue weighted by atomic mass is 9.86. The quantitative estimate of drug-likeness (QED) is 0.532. The first-order valence-electron chi connectivity index (χ1n) is 9.34. The molecule has 3 aromatic rings. The Morgan fingerprint density at radius 1 is 1.11 bits per heavy atom. The minimum atomic E-state index is -0.932. The molecular formula is C24H27NO2. The summed E-state index contributed by atoms with van der Waals surface area (Å²) >= 11 is 0. The highest BCUT2D eigenvalue weighted by molar-refractivity contribution is 5.93. The number of carboxylic acids is 1. The molecule has 0 amide bonds. The SMILES string of the molecule is CC(C)c1c(/C=C/C(=O)O)ccc2[nH]c(-c3cccc(C(C)(C)C)c3)cc12. The Hall–Kier alpha value is -2.81. The summed E-state index contributed by atoms with van der Waals surface area (Å²) in [5, 5.41) is 10.1. The van der Waals surface area contributed by atoms with Crippen LogP contribution in [0, 0.1) is 0 Å². The number of fused-ring (bicyclic) bond motifs is 1. The van der Waals surface area contributed by atoms with Gasteiger partial charge in [0.1, 0.15) is 0 Å². The standard InChI is InChI=1S/C24H27NO2/c1-15(2)23-16(10-12-22(26)27)9-11-20-19(23)14-21(25-20)17-7-6-8-18(13-17)24(3,4)5/h6-15,25H,1-5H3,(H,26,27)/b12-10+. The van der Waals surface area contributed by atoms with Crippen molar-refractivity contribution in [1.29, 1.82) is 0 Å². The van der Waals surface area contributed by atoms with Crippen molar-refractivity contribution >= 4 is 22.9 Å². The van der Waals surface area contributed by atoms with Crippen LogP contribution < -0.4 is 0 Å². The van der Waals surface area contributed by atoms with Crippen LogP contribution in [0.3, 0.4) is 0 Å². The Labute approximate surface area is 160 Å². The van der Waals surface area contributed by atoms with Crippen molar-refractivity contribution in [3.8, 4) is 11.3 Å². The van der Waals surface area contributed by atoms with Gasteiger partial charge in [-0.15, -0.1) is 0 Å². The van der Waals surface area contributed by atoms with E-state index in [1.807, 2.05) is 12.1 Å². The second kappa shape index (κ2) is 7.07. The van der Waals surface area contributed by atoms with Crippen LogP contribution in [0.25, 0.3) is 28.2 Å². The normalized spacial score (nSPS) is 12.4. The average molecular weight is 361 g/mol. The first-order chi connectivity index (χ1) is 12.7. The third-order valence-electron chi connectivity index (χ3n) is 4.90. The van der Waals surface area contributed by atoms with Gasteiger partial charge in [-0.2, -0.15) is 0 Å². The summed E-state index contributed by atoms with van der Waals surface area (Å²) < 4.78 is 0. The molecule has 1 heterocycles. The van der Waals surface area contributed by atoms with Crippen LogP contribution in [-0.4, -0.2) is 16.1 Å². The second-order valence-corrected chi connectivity index (χ2v) is 8.37. The molecule has 3 heteroatoms. The first-order valence-corrected chi connectivity index (χ1v) is 9.34. The predicted octanol–water partition coefficient (Wildman–Crippen LogP) is 6.35. The van der Waals surface area contributed by atoms with Gasteiger partial charge in [0.15, 0.2) is 0 Å². The first kappa shape index (κ1) is 19.0. The highest BCUT2D eigenvalue weighted by Gasteiger charge is 2.16.